The van der Waals surface area contributed by atoms with E-state index in [0.29, 0.717) is 37.0 Å². The van der Waals surface area contributed by atoms with Crippen molar-refractivity contribution >= 4 is 38.3 Å². The third kappa shape index (κ3) is 5.64. The molecule has 0 saturated carbocycles. The van der Waals surface area contributed by atoms with E-state index in [2.05, 4.69) is 22.4 Å². The highest BCUT2D eigenvalue weighted by Crippen LogP contribution is 2.29. The Labute approximate surface area is 168 Å². The minimum absolute atomic E-state index is 0.335. The van der Waals surface area contributed by atoms with Crippen LogP contribution in [0.25, 0.3) is 0 Å². The lowest BCUT2D eigenvalue weighted by Crippen LogP contribution is -2.40. The number of nitrogens with zero attached hydrogens (tertiary/aromatic N) is 3. The van der Waals surface area contributed by atoms with Gasteiger partial charge in [-0.1, -0.05) is 48.6 Å². The zero-order valence-corrected chi connectivity index (χ0v) is 17.7. The van der Waals surface area contributed by atoms with Crippen LogP contribution >= 0.6 is 23.1 Å². The summed E-state index contributed by atoms with van der Waals surface area (Å²) >= 11 is 3.09. The summed E-state index contributed by atoms with van der Waals surface area (Å²) in [5, 5.41) is 12.4. The standard InChI is InChI=1S/C17H24N4O3S3/c1-2-3-7-18-16-19-20-17(26-16)25-13-14-5-4-6-15(12-14)27(22,23)21-8-10-24-11-9-21/h4-6,12H,2-3,7-11,13H2,1H3,(H,18,19). The SMILES string of the molecule is CCCCNc1nnc(SCc2cccc(S(=O)(=O)N3CCOCC3)c2)s1. The molecule has 0 atom stereocenters. The first-order valence-corrected chi connectivity index (χ1v) is 12.2. The molecular formula is C17H24N4O3S3. The first-order chi connectivity index (χ1) is 13.1. The summed E-state index contributed by atoms with van der Waals surface area (Å²) in [5.41, 5.74) is 0.949. The Kier molecular flexibility index (Phi) is 7.48. The van der Waals surface area contributed by atoms with Crippen molar-refractivity contribution in [3.63, 3.8) is 0 Å². The van der Waals surface area contributed by atoms with E-state index in [1.54, 1.807) is 30.0 Å². The molecule has 1 aromatic carbocycles. The fourth-order valence-electron chi connectivity index (χ4n) is 2.59. The Bertz CT molecular complexity index is 835. The Balaban J connectivity index is 1.61. The van der Waals surface area contributed by atoms with Gasteiger partial charge in [0.15, 0.2) is 4.34 Å². The van der Waals surface area contributed by atoms with Gasteiger partial charge >= 0.3 is 0 Å². The molecule has 0 spiro atoms. The number of rotatable bonds is 9. The van der Waals surface area contributed by atoms with Crippen molar-refractivity contribution in [1.82, 2.24) is 14.5 Å². The lowest BCUT2D eigenvalue weighted by molar-refractivity contribution is 0.0730. The molecule has 3 rings (SSSR count). The van der Waals surface area contributed by atoms with Crippen LogP contribution in [0.3, 0.4) is 0 Å². The first kappa shape index (κ1) is 20.5. The summed E-state index contributed by atoms with van der Waals surface area (Å²) in [7, 11) is -3.47. The van der Waals surface area contributed by atoms with Gasteiger partial charge in [0.05, 0.1) is 18.1 Å². The van der Waals surface area contributed by atoms with Gasteiger partial charge in [0, 0.05) is 25.4 Å². The quantitative estimate of drug-likeness (QED) is 0.485. The summed E-state index contributed by atoms with van der Waals surface area (Å²) in [5.74, 6) is 0.649. The average Bonchev–Trinajstić information content (AvgIpc) is 3.15. The number of anilines is 1. The van der Waals surface area contributed by atoms with E-state index in [-0.39, 0.29) is 0 Å². The number of benzene rings is 1. The number of sulfonamides is 1. The van der Waals surface area contributed by atoms with Gasteiger partial charge in [-0.3, -0.25) is 0 Å². The molecule has 1 aliphatic heterocycles. The maximum absolute atomic E-state index is 12.8. The van der Waals surface area contributed by atoms with Gasteiger partial charge in [0.25, 0.3) is 0 Å². The highest BCUT2D eigenvalue weighted by atomic mass is 32.2. The molecule has 1 aliphatic rings. The number of thioether (sulfide) groups is 1. The van der Waals surface area contributed by atoms with Gasteiger partial charge in [0.2, 0.25) is 15.2 Å². The molecule has 1 aromatic heterocycles. The van der Waals surface area contributed by atoms with E-state index in [4.69, 9.17) is 4.74 Å². The zero-order chi connectivity index (χ0) is 19.1. The highest BCUT2D eigenvalue weighted by molar-refractivity contribution is 8.00. The lowest BCUT2D eigenvalue weighted by atomic mass is 10.2. The number of unbranched alkanes of at least 4 members (excludes halogenated alkanes) is 1. The Morgan fingerprint density at radius 2 is 2.11 bits per heavy atom. The molecule has 0 radical (unpaired) electrons. The molecule has 0 bridgehead atoms. The second-order valence-electron chi connectivity index (χ2n) is 6.11. The average molecular weight is 429 g/mol. The van der Waals surface area contributed by atoms with Crippen molar-refractivity contribution < 1.29 is 13.2 Å². The number of morpholine rings is 1. The Morgan fingerprint density at radius 1 is 1.30 bits per heavy atom. The number of nitrogens with one attached hydrogen (secondary N) is 1. The van der Waals surface area contributed by atoms with Crippen LogP contribution < -0.4 is 5.32 Å². The van der Waals surface area contributed by atoms with E-state index in [1.807, 2.05) is 6.07 Å². The monoisotopic (exact) mass is 428 g/mol. The minimum Gasteiger partial charge on any atom is -0.379 e. The lowest BCUT2D eigenvalue weighted by Gasteiger charge is -2.26. The van der Waals surface area contributed by atoms with Crippen LogP contribution in [-0.4, -0.2) is 55.8 Å². The molecule has 10 heteroatoms. The topological polar surface area (TPSA) is 84.4 Å². The van der Waals surface area contributed by atoms with E-state index in [0.717, 1.165) is 34.4 Å². The number of hydrogen-bond donors (Lipinski definition) is 1. The molecule has 7 nitrogen and oxygen atoms in total. The molecule has 0 unspecified atom stereocenters. The predicted octanol–water partition coefficient (Wildman–Crippen LogP) is 3.06. The number of ether oxygens (including phenoxy) is 1. The summed E-state index contributed by atoms with van der Waals surface area (Å²) in [6.07, 6.45) is 2.24. The smallest absolute Gasteiger partial charge is 0.243 e. The van der Waals surface area contributed by atoms with Crippen molar-refractivity contribution in [3.05, 3.63) is 29.8 Å². The van der Waals surface area contributed by atoms with Crippen LogP contribution in [0, 0.1) is 0 Å². The second-order valence-corrected chi connectivity index (χ2v) is 10.2. The van der Waals surface area contributed by atoms with E-state index < -0.39 is 10.0 Å². The van der Waals surface area contributed by atoms with Crippen LogP contribution in [0.1, 0.15) is 25.3 Å². The first-order valence-electron chi connectivity index (χ1n) is 8.96. The van der Waals surface area contributed by atoms with Gasteiger partial charge in [-0.05, 0) is 24.1 Å². The minimum atomic E-state index is -3.47. The predicted molar refractivity (Wildman–Crippen MR) is 109 cm³/mol. The molecule has 0 amide bonds. The zero-order valence-electron chi connectivity index (χ0n) is 15.3. The highest BCUT2D eigenvalue weighted by Gasteiger charge is 2.26. The third-order valence-electron chi connectivity index (χ3n) is 4.08. The summed E-state index contributed by atoms with van der Waals surface area (Å²) < 4.78 is 33.2. The molecule has 2 heterocycles. The van der Waals surface area contributed by atoms with Crippen LogP contribution in [0.4, 0.5) is 5.13 Å². The van der Waals surface area contributed by atoms with E-state index in [1.165, 1.54) is 15.6 Å². The molecular weight excluding hydrogens is 404 g/mol. The van der Waals surface area contributed by atoms with Crippen LogP contribution in [0.2, 0.25) is 0 Å². The fraction of sp³-hybridized carbons (Fsp3) is 0.529. The van der Waals surface area contributed by atoms with Gasteiger partial charge in [-0.25, -0.2) is 8.42 Å². The summed E-state index contributed by atoms with van der Waals surface area (Å²) in [4.78, 5) is 0.335. The number of aromatic nitrogens is 2. The van der Waals surface area contributed by atoms with Crippen molar-refractivity contribution in [2.45, 2.75) is 34.8 Å². The Morgan fingerprint density at radius 3 is 2.89 bits per heavy atom. The number of hydrogen-bond acceptors (Lipinski definition) is 8. The van der Waals surface area contributed by atoms with Gasteiger partial charge in [-0.2, -0.15) is 4.31 Å². The van der Waals surface area contributed by atoms with Crippen molar-refractivity contribution in [1.29, 1.82) is 0 Å². The van der Waals surface area contributed by atoms with Crippen molar-refractivity contribution in [2.75, 3.05) is 38.2 Å². The maximum atomic E-state index is 12.8. The van der Waals surface area contributed by atoms with E-state index >= 15 is 0 Å². The largest absolute Gasteiger partial charge is 0.379 e. The fourth-order valence-corrected chi connectivity index (χ4v) is 5.79. The molecule has 1 N–H and O–H groups in total. The summed E-state index contributed by atoms with van der Waals surface area (Å²) in [6, 6.07) is 7.13. The third-order valence-corrected chi connectivity index (χ3v) is 8.06. The molecule has 1 fully saturated rings. The molecule has 0 aliphatic carbocycles. The molecule has 2 aromatic rings. The van der Waals surface area contributed by atoms with Gasteiger partial charge in [0.1, 0.15) is 0 Å². The summed E-state index contributed by atoms with van der Waals surface area (Å²) in [6.45, 7) is 4.74. The van der Waals surface area contributed by atoms with Crippen molar-refractivity contribution in [2.24, 2.45) is 0 Å². The second kappa shape index (κ2) is 9.83. The maximum Gasteiger partial charge on any atom is 0.243 e. The van der Waals surface area contributed by atoms with Crippen molar-refractivity contribution in [3.8, 4) is 0 Å². The normalized spacial score (nSPS) is 15.7. The van der Waals surface area contributed by atoms with E-state index in [9.17, 15) is 8.42 Å². The molecule has 1 saturated heterocycles. The Hall–Kier alpha value is -1.20. The van der Waals surface area contributed by atoms with Crippen LogP contribution in [0.5, 0.6) is 0 Å². The molecule has 27 heavy (non-hydrogen) atoms. The molecule has 148 valence electrons. The van der Waals surface area contributed by atoms with Gasteiger partial charge in [-0.15, -0.1) is 10.2 Å². The van der Waals surface area contributed by atoms with Crippen LogP contribution in [-0.2, 0) is 20.5 Å². The van der Waals surface area contributed by atoms with Gasteiger partial charge < -0.3 is 10.1 Å². The van der Waals surface area contributed by atoms with Crippen LogP contribution in [0.15, 0.2) is 33.5 Å².